The van der Waals surface area contributed by atoms with E-state index in [0.29, 0.717) is 24.0 Å². The first-order valence-corrected chi connectivity index (χ1v) is 13.1. The molecule has 1 aliphatic heterocycles. The molecule has 188 valence electrons. The summed E-state index contributed by atoms with van der Waals surface area (Å²) in [5, 5.41) is 8.96. The van der Waals surface area contributed by atoms with Gasteiger partial charge >= 0.3 is 0 Å². The number of aryl methyl sites for hydroxylation is 3. The van der Waals surface area contributed by atoms with E-state index < -0.39 is 0 Å². The molecule has 8 nitrogen and oxygen atoms in total. The minimum atomic E-state index is 0.538. The maximum Gasteiger partial charge on any atom is 0.163 e. The Morgan fingerprint density at radius 2 is 1.97 bits per heavy atom. The van der Waals surface area contributed by atoms with Gasteiger partial charge in [0.15, 0.2) is 5.82 Å². The first-order valence-electron chi connectivity index (χ1n) is 11.9. The Morgan fingerprint density at radius 1 is 1.14 bits per heavy atom. The van der Waals surface area contributed by atoms with E-state index in [9.17, 15) is 0 Å². The molecular weight excluding hydrogens is 496 g/mol. The lowest BCUT2D eigenvalue weighted by Crippen LogP contribution is -2.19. The Balaban J connectivity index is 1.60. The van der Waals surface area contributed by atoms with Crippen LogP contribution in [0.5, 0.6) is 5.75 Å². The van der Waals surface area contributed by atoms with Gasteiger partial charge in [-0.25, -0.2) is 15.0 Å². The summed E-state index contributed by atoms with van der Waals surface area (Å²) in [6, 6.07) is 5.63. The fraction of sp³-hybridized carbons (Fsp3) is 0.385. The molecule has 0 saturated heterocycles. The number of fused-ring (bicyclic) bond motifs is 1. The van der Waals surface area contributed by atoms with E-state index in [1.807, 2.05) is 52.9 Å². The van der Waals surface area contributed by atoms with Crippen LogP contribution in [-0.4, -0.2) is 40.3 Å². The van der Waals surface area contributed by atoms with Gasteiger partial charge in [-0.2, -0.15) is 0 Å². The van der Waals surface area contributed by atoms with Crippen molar-refractivity contribution in [2.45, 2.75) is 47.2 Å². The maximum atomic E-state index is 6.68. The van der Waals surface area contributed by atoms with E-state index in [0.717, 1.165) is 75.6 Å². The zero-order chi connectivity index (χ0) is 25.4. The minimum Gasteiger partial charge on any atom is -0.494 e. The third-order valence-electron chi connectivity index (χ3n) is 6.27. The Hall–Kier alpha value is -3.01. The molecule has 4 aromatic rings. The lowest BCUT2D eigenvalue weighted by atomic mass is 10.0. The Kier molecular flexibility index (Phi) is 6.96. The summed E-state index contributed by atoms with van der Waals surface area (Å²) >= 11 is 8.42. The van der Waals surface area contributed by atoms with Crippen molar-refractivity contribution >= 4 is 28.8 Å². The van der Waals surface area contributed by atoms with Crippen LogP contribution in [0.3, 0.4) is 0 Å². The van der Waals surface area contributed by atoms with Crippen molar-refractivity contribution in [2.75, 3.05) is 25.1 Å². The molecule has 0 spiro atoms. The van der Waals surface area contributed by atoms with Crippen LogP contribution >= 0.6 is 22.9 Å². The summed E-state index contributed by atoms with van der Waals surface area (Å²) in [5.74, 6) is 2.85. The molecule has 0 amide bonds. The van der Waals surface area contributed by atoms with Gasteiger partial charge in [-0.1, -0.05) is 16.8 Å². The first-order chi connectivity index (χ1) is 17.4. The fourth-order valence-electron chi connectivity index (χ4n) is 4.52. The highest BCUT2D eigenvalue weighted by atomic mass is 35.5. The number of nitrogens with zero attached hydrogens (tertiary/aromatic N) is 5. The molecule has 0 radical (unpaired) electrons. The lowest BCUT2D eigenvalue weighted by Gasteiger charge is -2.22. The predicted molar refractivity (Wildman–Crippen MR) is 143 cm³/mol. The second-order valence-electron chi connectivity index (χ2n) is 8.95. The third kappa shape index (κ3) is 4.70. The second kappa shape index (κ2) is 10.2. The van der Waals surface area contributed by atoms with E-state index in [1.165, 1.54) is 4.88 Å². The Morgan fingerprint density at radius 3 is 2.69 bits per heavy atom. The molecule has 4 heterocycles. The van der Waals surface area contributed by atoms with Gasteiger partial charge in [0.05, 0.1) is 52.4 Å². The normalized spacial score (nSPS) is 12.9. The number of nitrogens with one attached hydrogen (secondary N) is 1. The average Bonchev–Trinajstić information content (AvgIpc) is 3.50. The number of anilines is 1. The number of rotatable bonds is 8. The predicted octanol–water partition coefficient (Wildman–Crippen LogP) is 5.65. The van der Waals surface area contributed by atoms with Crippen molar-refractivity contribution < 1.29 is 9.26 Å². The number of thiazole rings is 1. The molecule has 1 aliphatic rings. The van der Waals surface area contributed by atoms with Crippen LogP contribution in [0.4, 0.5) is 5.82 Å². The molecule has 1 N–H and O–H groups in total. The van der Waals surface area contributed by atoms with E-state index in [2.05, 4.69) is 15.4 Å². The summed E-state index contributed by atoms with van der Waals surface area (Å²) in [6.07, 6.45) is 0.905. The quantitative estimate of drug-likeness (QED) is 0.296. The largest absolute Gasteiger partial charge is 0.494 e. The Bertz CT molecular complexity index is 1370. The van der Waals surface area contributed by atoms with Crippen molar-refractivity contribution in [2.24, 2.45) is 0 Å². The highest BCUT2D eigenvalue weighted by Crippen LogP contribution is 2.39. The van der Waals surface area contributed by atoms with Gasteiger partial charge in [0.1, 0.15) is 17.3 Å². The fourth-order valence-corrected chi connectivity index (χ4v) is 5.68. The zero-order valence-electron chi connectivity index (χ0n) is 21.1. The molecule has 10 heteroatoms. The standard InChI is InChI=1S/C26H29ClN6O2S/c1-14-24(23-15(2)32-35-16(23)3)30-25(19-11-18(7-8-20(19)27)34-10-6-9-28-5)31-26(14)33-12-21-22(13-33)36-17(4)29-21/h7-8,11,28H,6,9-10,12-13H2,1-5H3. The molecule has 0 atom stereocenters. The van der Waals surface area contributed by atoms with Gasteiger partial charge in [0.2, 0.25) is 0 Å². The minimum absolute atomic E-state index is 0.538. The molecule has 3 aromatic heterocycles. The number of benzene rings is 1. The van der Waals surface area contributed by atoms with Crippen LogP contribution in [0.2, 0.25) is 5.02 Å². The molecule has 0 unspecified atom stereocenters. The van der Waals surface area contributed by atoms with Crippen LogP contribution in [0, 0.1) is 27.7 Å². The summed E-state index contributed by atoms with van der Waals surface area (Å²) in [6.45, 7) is 10.9. The highest BCUT2D eigenvalue weighted by molar-refractivity contribution is 7.11. The smallest absolute Gasteiger partial charge is 0.163 e. The number of hydrogen-bond acceptors (Lipinski definition) is 9. The number of ether oxygens (including phenoxy) is 1. The van der Waals surface area contributed by atoms with Crippen LogP contribution in [0.1, 0.15) is 39.0 Å². The van der Waals surface area contributed by atoms with Crippen molar-refractivity contribution in [1.29, 1.82) is 0 Å². The first kappa shape index (κ1) is 24.7. The van der Waals surface area contributed by atoms with E-state index >= 15 is 0 Å². The van der Waals surface area contributed by atoms with E-state index in [4.69, 9.17) is 35.8 Å². The molecule has 1 aromatic carbocycles. The molecule has 5 rings (SSSR count). The van der Waals surface area contributed by atoms with Crippen molar-refractivity contribution in [3.05, 3.63) is 55.8 Å². The molecule has 0 saturated carbocycles. The average molecular weight is 525 g/mol. The van der Waals surface area contributed by atoms with Crippen LogP contribution in [0.25, 0.3) is 22.6 Å². The second-order valence-corrected chi connectivity index (χ2v) is 10.6. The SMILES string of the molecule is CNCCCOc1ccc(Cl)c(-c2nc(-c3c(C)noc3C)c(C)c(N3Cc4nc(C)sc4C3)n2)c1. The summed E-state index contributed by atoms with van der Waals surface area (Å²) < 4.78 is 11.5. The summed E-state index contributed by atoms with van der Waals surface area (Å²) in [7, 11) is 1.93. The van der Waals surface area contributed by atoms with Crippen molar-refractivity contribution in [3.63, 3.8) is 0 Å². The van der Waals surface area contributed by atoms with Gasteiger partial charge in [-0.3, -0.25) is 0 Å². The van der Waals surface area contributed by atoms with Crippen molar-refractivity contribution in [3.8, 4) is 28.4 Å². The monoisotopic (exact) mass is 524 g/mol. The van der Waals surface area contributed by atoms with E-state index in [-0.39, 0.29) is 0 Å². The van der Waals surface area contributed by atoms with E-state index in [1.54, 1.807) is 11.3 Å². The molecule has 0 fully saturated rings. The van der Waals surface area contributed by atoms with Crippen molar-refractivity contribution in [1.82, 2.24) is 25.4 Å². The molecule has 36 heavy (non-hydrogen) atoms. The number of halogens is 1. The van der Waals surface area contributed by atoms with Gasteiger partial charge in [0, 0.05) is 16.0 Å². The van der Waals surface area contributed by atoms with Gasteiger partial charge < -0.3 is 19.5 Å². The molecular formula is C26H29ClN6O2S. The Labute approximate surface area is 219 Å². The van der Waals surface area contributed by atoms with Crippen LogP contribution < -0.4 is 15.0 Å². The van der Waals surface area contributed by atoms with Crippen LogP contribution in [-0.2, 0) is 13.1 Å². The van der Waals surface area contributed by atoms with Gasteiger partial charge in [-0.15, -0.1) is 11.3 Å². The lowest BCUT2D eigenvalue weighted by molar-refractivity contribution is 0.310. The number of hydrogen-bond donors (Lipinski definition) is 1. The highest BCUT2D eigenvalue weighted by Gasteiger charge is 2.28. The third-order valence-corrected chi connectivity index (χ3v) is 7.60. The molecule has 0 bridgehead atoms. The van der Waals surface area contributed by atoms with Gasteiger partial charge in [-0.05, 0) is 65.9 Å². The number of aromatic nitrogens is 4. The summed E-state index contributed by atoms with van der Waals surface area (Å²) in [5.41, 5.74) is 5.27. The topological polar surface area (TPSA) is 89.2 Å². The van der Waals surface area contributed by atoms with Crippen LogP contribution in [0.15, 0.2) is 22.7 Å². The summed E-state index contributed by atoms with van der Waals surface area (Å²) in [4.78, 5) is 18.3. The zero-order valence-corrected chi connectivity index (χ0v) is 22.7. The molecule has 0 aliphatic carbocycles. The maximum absolute atomic E-state index is 6.68. The van der Waals surface area contributed by atoms with Gasteiger partial charge in [0.25, 0.3) is 0 Å².